The Kier molecular flexibility index (Phi) is 10.5. The maximum atomic E-state index is 13.8. The molecule has 3 aliphatic heterocycles. The molecule has 52 heavy (non-hydrogen) atoms. The van der Waals surface area contributed by atoms with Gasteiger partial charge in [-0.1, -0.05) is 6.07 Å². The number of imide groups is 1. The van der Waals surface area contributed by atoms with Crippen molar-refractivity contribution >= 4 is 46.7 Å². The van der Waals surface area contributed by atoms with Crippen molar-refractivity contribution in [2.24, 2.45) is 24.6 Å². The molecule has 1 aliphatic carbocycles. The Morgan fingerprint density at radius 3 is 2.33 bits per heavy atom. The Morgan fingerprint density at radius 2 is 1.65 bits per heavy atom. The van der Waals surface area contributed by atoms with Crippen molar-refractivity contribution in [3.05, 3.63) is 34.2 Å². The molecular weight excluding hydrogens is 670 g/mol. The molecule has 1 saturated carbocycles. The summed E-state index contributed by atoms with van der Waals surface area (Å²) in [5.74, 6) is -1.25. The number of ether oxygens (including phenoxy) is 1. The molecule has 4 heterocycles. The molecule has 0 bridgehead atoms. The van der Waals surface area contributed by atoms with Gasteiger partial charge in [0.05, 0.1) is 17.6 Å². The number of benzene rings is 1. The lowest BCUT2D eigenvalue weighted by Crippen LogP contribution is -2.61. The van der Waals surface area contributed by atoms with Crippen molar-refractivity contribution in [3.63, 3.8) is 0 Å². The number of nitrogens with one attached hydrogen (secondary N) is 2. The van der Waals surface area contributed by atoms with Crippen molar-refractivity contribution < 1.29 is 33.5 Å². The van der Waals surface area contributed by atoms with E-state index in [2.05, 4.69) is 10.6 Å². The highest BCUT2D eigenvalue weighted by Gasteiger charge is 2.45. The maximum Gasteiger partial charge on any atom is 0.408 e. The topological polar surface area (TPSA) is 195 Å². The van der Waals surface area contributed by atoms with E-state index in [-0.39, 0.29) is 48.9 Å². The van der Waals surface area contributed by atoms with Crippen LogP contribution in [-0.4, -0.2) is 91.4 Å². The summed E-state index contributed by atoms with van der Waals surface area (Å²) < 4.78 is 8.47. The molecule has 1 aromatic heterocycles. The quantitative estimate of drug-likeness (QED) is 0.361. The van der Waals surface area contributed by atoms with Gasteiger partial charge in [-0.25, -0.2) is 9.59 Å². The molecule has 1 aromatic carbocycles. The fraction of sp³-hybridized carbons (Fsp3) is 0.649. The van der Waals surface area contributed by atoms with Crippen molar-refractivity contribution in [1.82, 2.24) is 29.6 Å². The number of carbonyl (C=O) groups excluding carboxylic acids is 6. The molecular formula is C37H51N7O8. The molecule has 15 heteroatoms. The van der Waals surface area contributed by atoms with Crippen LogP contribution in [0.4, 0.5) is 4.79 Å². The summed E-state index contributed by atoms with van der Waals surface area (Å²) in [4.78, 5) is 93.2. The summed E-state index contributed by atoms with van der Waals surface area (Å²) in [6.45, 7) is 5.56. The van der Waals surface area contributed by atoms with Gasteiger partial charge >= 0.3 is 11.8 Å². The SMILES string of the molecule is Cn1c(=O)n([C@H]2CCC(=O)NC2=O)c2ccc(C[C@H]3CC[C@@H](CC(=O)N4CC[C@H]5CC[C@@H](C(N)=O)N5C(=O)[C@@H](NC(=O)OC(C)(C)C)C4)CC3)cc21. The average Bonchev–Trinajstić information content (AvgIpc) is 3.60. The number of primary amides is 1. The van der Waals surface area contributed by atoms with Crippen molar-refractivity contribution in [3.8, 4) is 0 Å². The molecule has 6 rings (SSSR count). The van der Waals surface area contributed by atoms with Gasteiger partial charge in [0, 0.05) is 32.5 Å². The van der Waals surface area contributed by atoms with Crippen LogP contribution in [0.1, 0.15) is 96.6 Å². The first-order chi connectivity index (χ1) is 24.6. The van der Waals surface area contributed by atoms with E-state index in [9.17, 15) is 33.6 Å². The number of nitrogens with two attached hydrogens (primary N) is 1. The number of nitrogens with zero attached hydrogens (tertiary/aromatic N) is 4. The number of amides is 6. The minimum atomic E-state index is -1.07. The van der Waals surface area contributed by atoms with Gasteiger partial charge in [0.15, 0.2) is 0 Å². The zero-order chi connectivity index (χ0) is 37.5. The van der Waals surface area contributed by atoms with Gasteiger partial charge in [0.1, 0.15) is 23.7 Å². The third kappa shape index (κ3) is 7.87. The van der Waals surface area contributed by atoms with E-state index in [4.69, 9.17) is 10.5 Å². The Balaban J connectivity index is 1.07. The van der Waals surface area contributed by atoms with E-state index in [0.717, 1.165) is 43.2 Å². The number of carbonyl (C=O) groups is 6. The van der Waals surface area contributed by atoms with Crippen LogP contribution in [-0.2, 0) is 42.2 Å². The second kappa shape index (κ2) is 14.7. The first-order valence-corrected chi connectivity index (χ1v) is 18.5. The average molecular weight is 722 g/mol. The van der Waals surface area contributed by atoms with Crippen LogP contribution in [0.2, 0.25) is 0 Å². The van der Waals surface area contributed by atoms with E-state index >= 15 is 0 Å². The van der Waals surface area contributed by atoms with E-state index in [0.29, 0.717) is 43.7 Å². The first-order valence-electron chi connectivity index (χ1n) is 18.5. The zero-order valence-electron chi connectivity index (χ0n) is 30.5. The fourth-order valence-electron chi connectivity index (χ4n) is 8.55. The molecule has 3 saturated heterocycles. The first kappa shape index (κ1) is 37.1. The highest BCUT2D eigenvalue weighted by molar-refractivity contribution is 6.00. The van der Waals surface area contributed by atoms with Crippen molar-refractivity contribution in [2.45, 2.75) is 121 Å². The van der Waals surface area contributed by atoms with Crippen LogP contribution in [0.3, 0.4) is 0 Å². The summed E-state index contributed by atoms with van der Waals surface area (Å²) in [6.07, 6.45) is 6.10. The fourth-order valence-corrected chi connectivity index (χ4v) is 8.55. The molecule has 4 aliphatic rings. The minimum Gasteiger partial charge on any atom is -0.444 e. The number of hydrogen-bond acceptors (Lipinski definition) is 8. The number of aryl methyl sites for hydroxylation is 1. The predicted octanol–water partition coefficient (Wildman–Crippen LogP) is 2.03. The summed E-state index contributed by atoms with van der Waals surface area (Å²) >= 11 is 0. The summed E-state index contributed by atoms with van der Waals surface area (Å²) in [5, 5.41) is 5.02. The van der Waals surface area contributed by atoms with Gasteiger partial charge in [0.2, 0.25) is 29.5 Å². The molecule has 6 amide bonds. The minimum absolute atomic E-state index is 0.0167. The predicted molar refractivity (Wildman–Crippen MR) is 190 cm³/mol. The molecule has 0 radical (unpaired) electrons. The Hall–Kier alpha value is -4.69. The lowest BCUT2D eigenvalue weighted by Gasteiger charge is -2.39. The molecule has 15 nitrogen and oxygen atoms in total. The Bertz CT molecular complexity index is 1820. The van der Waals surface area contributed by atoms with Gasteiger partial charge in [-0.2, -0.15) is 0 Å². The molecule has 2 aromatic rings. The van der Waals surface area contributed by atoms with Gasteiger partial charge in [0.25, 0.3) is 0 Å². The normalized spacial score (nSPS) is 27.1. The number of fused-ring (bicyclic) bond motifs is 2. The van der Waals surface area contributed by atoms with Crippen LogP contribution in [0.15, 0.2) is 23.0 Å². The van der Waals surface area contributed by atoms with Crippen LogP contribution in [0, 0.1) is 11.8 Å². The molecule has 0 spiro atoms. The largest absolute Gasteiger partial charge is 0.444 e. The summed E-state index contributed by atoms with van der Waals surface area (Å²) in [7, 11) is 1.69. The van der Waals surface area contributed by atoms with Crippen LogP contribution < -0.4 is 22.1 Å². The van der Waals surface area contributed by atoms with Crippen LogP contribution >= 0.6 is 0 Å². The maximum absolute atomic E-state index is 13.8. The number of piperidine rings is 1. The van der Waals surface area contributed by atoms with Crippen molar-refractivity contribution in [1.29, 1.82) is 0 Å². The van der Waals surface area contributed by atoms with Gasteiger partial charge in [-0.3, -0.25) is 38.4 Å². The molecule has 4 N–H and O–H groups in total. The van der Waals surface area contributed by atoms with Crippen LogP contribution in [0.5, 0.6) is 0 Å². The van der Waals surface area contributed by atoms with E-state index in [1.807, 2.05) is 18.2 Å². The zero-order valence-corrected chi connectivity index (χ0v) is 30.5. The Morgan fingerprint density at radius 1 is 0.942 bits per heavy atom. The molecule has 4 fully saturated rings. The second-order valence-corrected chi connectivity index (χ2v) is 16.0. The monoisotopic (exact) mass is 721 g/mol. The number of alkyl carbamates (subject to hydrolysis) is 1. The third-order valence-corrected chi connectivity index (χ3v) is 11.2. The number of hydrogen-bond donors (Lipinski definition) is 3. The molecule has 0 unspecified atom stereocenters. The lowest BCUT2D eigenvalue weighted by molar-refractivity contribution is -0.145. The van der Waals surface area contributed by atoms with E-state index in [1.54, 1.807) is 37.3 Å². The van der Waals surface area contributed by atoms with Crippen molar-refractivity contribution in [2.75, 3.05) is 13.1 Å². The highest BCUT2D eigenvalue weighted by atomic mass is 16.6. The number of rotatable bonds is 7. The molecule has 4 atom stereocenters. The van der Waals surface area contributed by atoms with Gasteiger partial charge in [-0.05, 0) is 108 Å². The number of imidazole rings is 1. The number of aromatic nitrogens is 2. The van der Waals surface area contributed by atoms with Gasteiger partial charge < -0.3 is 25.6 Å². The smallest absolute Gasteiger partial charge is 0.408 e. The summed E-state index contributed by atoms with van der Waals surface area (Å²) in [5.41, 5.74) is 7.06. The van der Waals surface area contributed by atoms with E-state index in [1.165, 1.54) is 9.47 Å². The van der Waals surface area contributed by atoms with Crippen LogP contribution in [0.25, 0.3) is 11.0 Å². The highest BCUT2D eigenvalue weighted by Crippen LogP contribution is 2.35. The third-order valence-electron chi connectivity index (χ3n) is 11.2. The molecule has 282 valence electrons. The van der Waals surface area contributed by atoms with E-state index < -0.39 is 47.5 Å². The standard InChI is InChI=1S/C37H51N7O8/c1-37(2,3)52-35(50)39-25-20-42(16-15-24-10-12-27(32(38)47)43(24)34(25)49)31(46)19-22-7-5-21(6-8-22)17-23-9-11-26-29(18-23)41(4)36(51)44(26)28-13-14-30(45)40-33(28)48/h9,11,18,21-22,24-25,27-28H,5-8,10,12-17,19-20H2,1-4H3,(H2,38,47)(H,39,50)(H,40,45,48)/t21-,22+,24-,25+,27+,28+/m1/s1. The van der Waals surface area contributed by atoms with Gasteiger partial charge in [-0.15, -0.1) is 0 Å². The lowest BCUT2D eigenvalue weighted by atomic mass is 9.78. The second-order valence-electron chi connectivity index (χ2n) is 16.0. The Labute approximate surface area is 302 Å². The summed E-state index contributed by atoms with van der Waals surface area (Å²) in [6, 6.07) is 3.10.